The molecule has 0 spiro atoms. The molecule has 3 aromatic rings. The maximum absolute atomic E-state index is 12.7. The van der Waals surface area contributed by atoms with Gasteiger partial charge in [-0.05, 0) is 56.6 Å². The van der Waals surface area contributed by atoms with Crippen molar-refractivity contribution in [2.24, 2.45) is 0 Å². The summed E-state index contributed by atoms with van der Waals surface area (Å²) in [5.74, 6) is 0.708. The molecule has 0 atom stereocenters. The van der Waals surface area contributed by atoms with Crippen LogP contribution in [0.1, 0.15) is 41.0 Å². The minimum atomic E-state index is -0.123. The number of carbonyl (C=O) groups excluding carboxylic acids is 1. The molecule has 0 fully saturated rings. The molecule has 30 heavy (non-hydrogen) atoms. The van der Waals surface area contributed by atoms with Crippen LogP contribution in [0.5, 0.6) is 0 Å². The van der Waals surface area contributed by atoms with Gasteiger partial charge in [0.05, 0.1) is 10.9 Å². The van der Waals surface area contributed by atoms with Gasteiger partial charge in [0.2, 0.25) is 0 Å². The van der Waals surface area contributed by atoms with Gasteiger partial charge in [-0.25, -0.2) is 4.98 Å². The van der Waals surface area contributed by atoms with E-state index in [4.69, 9.17) is 0 Å². The van der Waals surface area contributed by atoms with Crippen LogP contribution < -0.4 is 10.9 Å². The topological polar surface area (TPSA) is 67.2 Å². The molecule has 0 radical (unpaired) electrons. The summed E-state index contributed by atoms with van der Waals surface area (Å²) in [5.41, 5.74) is 2.45. The predicted molar refractivity (Wildman–Crippen MR) is 119 cm³/mol. The van der Waals surface area contributed by atoms with E-state index in [2.05, 4.69) is 34.4 Å². The third-order valence-corrected chi connectivity index (χ3v) is 5.63. The van der Waals surface area contributed by atoms with Gasteiger partial charge in [-0.2, -0.15) is 0 Å². The number of hydrogen-bond acceptors (Lipinski definition) is 4. The lowest BCUT2D eigenvalue weighted by atomic mass is 10.1. The Morgan fingerprint density at radius 3 is 2.83 bits per heavy atom. The van der Waals surface area contributed by atoms with Crippen molar-refractivity contribution in [1.82, 2.24) is 19.8 Å². The van der Waals surface area contributed by atoms with Gasteiger partial charge in [-0.1, -0.05) is 30.3 Å². The number of nitrogens with one attached hydrogen (secondary N) is 1. The van der Waals surface area contributed by atoms with Gasteiger partial charge in [0, 0.05) is 31.6 Å². The number of amides is 1. The van der Waals surface area contributed by atoms with E-state index in [1.54, 1.807) is 22.8 Å². The number of aromatic nitrogens is 2. The van der Waals surface area contributed by atoms with Gasteiger partial charge in [0.1, 0.15) is 5.82 Å². The van der Waals surface area contributed by atoms with Crippen LogP contribution in [0.25, 0.3) is 10.9 Å². The monoisotopic (exact) mass is 404 g/mol. The van der Waals surface area contributed by atoms with Gasteiger partial charge >= 0.3 is 0 Å². The van der Waals surface area contributed by atoms with Crippen molar-refractivity contribution < 1.29 is 4.79 Å². The lowest BCUT2D eigenvalue weighted by Gasteiger charge is -2.18. The van der Waals surface area contributed by atoms with E-state index in [9.17, 15) is 9.59 Å². The molecule has 4 rings (SSSR count). The molecule has 0 bridgehead atoms. The predicted octanol–water partition coefficient (Wildman–Crippen LogP) is 2.98. The van der Waals surface area contributed by atoms with E-state index < -0.39 is 0 Å². The van der Waals surface area contributed by atoms with Crippen LogP contribution in [0, 0.1) is 0 Å². The molecular weight excluding hydrogens is 376 g/mol. The Morgan fingerprint density at radius 2 is 2.00 bits per heavy atom. The van der Waals surface area contributed by atoms with Crippen LogP contribution in [0.3, 0.4) is 0 Å². The van der Waals surface area contributed by atoms with Crippen LogP contribution in [-0.4, -0.2) is 40.5 Å². The second-order valence-corrected chi connectivity index (χ2v) is 8.01. The minimum absolute atomic E-state index is 0.00288. The first kappa shape index (κ1) is 20.3. The fraction of sp³-hybridized carbons (Fsp3) is 0.375. The van der Waals surface area contributed by atoms with E-state index in [1.807, 2.05) is 18.2 Å². The Bertz CT molecular complexity index is 1090. The number of hydrogen-bond donors (Lipinski definition) is 1. The van der Waals surface area contributed by atoms with Crippen molar-refractivity contribution in [3.63, 3.8) is 0 Å². The zero-order chi connectivity index (χ0) is 20.9. The van der Waals surface area contributed by atoms with Crippen LogP contribution in [0.4, 0.5) is 0 Å². The van der Waals surface area contributed by atoms with Crippen molar-refractivity contribution in [3.05, 3.63) is 75.8 Å². The second kappa shape index (κ2) is 9.22. The van der Waals surface area contributed by atoms with Crippen molar-refractivity contribution >= 4 is 16.8 Å². The number of fused-ring (bicyclic) bond motifs is 2. The zero-order valence-electron chi connectivity index (χ0n) is 17.4. The standard InChI is InChI=1S/C24H28N4O2/c1-27(17-18-8-3-2-4-9-18)14-7-13-25-23(29)19-11-12-20-21(16-19)26-22-10-5-6-15-28(22)24(20)30/h2-4,8-9,11-12,16H,5-7,10,13-15,17H2,1H3,(H,25,29). The molecule has 1 aliphatic rings. The number of aryl methyl sites for hydroxylation is 1. The Balaban J connectivity index is 1.34. The van der Waals surface area contributed by atoms with Gasteiger partial charge in [0.25, 0.3) is 11.5 Å². The van der Waals surface area contributed by atoms with Crippen LogP contribution in [0.2, 0.25) is 0 Å². The summed E-state index contributed by atoms with van der Waals surface area (Å²) in [7, 11) is 2.09. The summed E-state index contributed by atoms with van der Waals surface area (Å²) >= 11 is 0. The fourth-order valence-electron chi connectivity index (χ4n) is 4.01. The van der Waals surface area contributed by atoms with E-state index in [0.29, 0.717) is 23.0 Å². The summed E-state index contributed by atoms with van der Waals surface area (Å²) in [6, 6.07) is 15.5. The molecule has 0 aliphatic carbocycles. The Hall–Kier alpha value is -2.99. The summed E-state index contributed by atoms with van der Waals surface area (Å²) in [5, 5.41) is 3.57. The molecule has 1 amide bonds. The largest absolute Gasteiger partial charge is 0.352 e. The molecule has 2 aromatic carbocycles. The van der Waals surface area contributed by atoms with Crippen molar-refractivity contribution in [2.45, 2.75) is 38.8 Å². The van der Waals surface area contributed by atoms with Gasteiger partial charge in [-0.15, -0.1) is 0 Å². The van der Waals surface area contributed by atoms with Gasteiger partial charge < -0.3 is 10.2 Å². The molecule has 0 saturated carbocycles. The molecule has 2 heterocycles. The highest BCUT2D eigenvalue weighted by molar-refractivity contribution is 5.97. The summed E-state index contributed by atoms with van der Waals surface area (Å²) in [6.07, 6.45) is 3.76. The number of benzene rings is 2. The molecule has 156 valence electrons. The van der Waals surface area contributed by atoms with Crippen LogP contribution >= 0.6 is 0 Å². The third-order valence-electron chi connectivity index (χ3n) is 5.63. The number of carbonyl (C=O) groups is 1. The van der Waals surface area contributed by atoms with Crippen molar-refractivity contribution in [3.8, 4) is 0 Å². The third kappa shape index (κ3) is 4.60. The quantitative estimate of drug-likeness (QED) is 0.615. The van der Waals surface area contributed by atoms with E-state index >= 15 is 0 Å². The maximum Gasteiger partial charge on any atom is 0.261 e. The summed E-state index contributed by atoms with van der Waals surface area (Å²) < 4.78 is 1.78. The molecular formula is C24H28N4O2. The smallest absolute Gasteiger partial charge is 0.261 e. The normalized spacial score (nSPS) is 13.4. The second-order valence-electron chi connectivity index (χ2n) is 8.01. The van der Waals surface area contributed by atoms with E-state index in [-0.39, 0.29) is 11.5 Å². The van der Waals surface area contributed by atoms with Crippen LogP contribution in [0.15, 0.2) is 53.3 Å². The van der Waals surface area contributed by atoms with Gasteiger partial charge in [0.15, 0.2) is 0 Å². The highest BCUT2D eigenvalue weighted by Crippen LogP contribution is 2.16. The lowest BCUT2D eigenvalue weighted by Crippen LogP contribution is -2.29. The molecule has 6 nitrogen and oxygen atoms in total. The minimum Gasteiger partial charge on any atom is -0.352 e. The van der Waals surface area contributed by atoms with E-state index in [1.165, 1.54) is 5.56 Å². The van der Waals surface area contributed by atoms with Crippen molar-refractivity contribution in [2.75, 3.05) is 20.1 Å². The molecule has 1 N–H and O–H groups in total. The summed E-state index contributed by atoms with van der Waals surface area (Å²) in [6.45, 7) is 3.14. The first-order chi connectivity index (χ1) is 14.6. The van der Waals surface area contributed by atoms with Gasteiger partial charge in [-0.3, -0.25) is 14.2 Å². The highest BCUT2D eigenvalue weighted by atomic mass is 16.1. The lowest BCUT2D eigenvalue weighted by molar-refractivity contribution is 0.0952. The van der Waals surface area contributed by atoms with Crippen molar-refractivity contribution in [1.29, 1.82) is 0 Å². The SMILES string of the molecule is CN(CCCNC(=O)c1ccc2c(=O)n3c(nc2c1)CCCC3)Cc1ccccc1. The molecule has 1 aliphatic heterocycles. The first-order valence-electron chi connectivity index (χ1n) is 10.7. The van der Waals surface area contributed by atoms with E-state index in [0.717, 1.165) is 51.1 Å². The fourth-order valence-corrected chi connectivity index (χ4v) is 4.01. The highest BCUT2D eigenvalue weighted by Gasteiger charge is 2.16. The molecule has 0 saturated heterocycles. The average molecular weight is 405 g/mol. The Kier molecular flexibility index (Phi) is 6.23. The Morgan fingerprint density at radius 1 is 1.17 bits per heavy atom. The molecule has 0 unspecified atom stereocenters. The first-order valence-corrected chi connectivity index (χ1v) is 10.7. The average Bonchev–Trinajstić information content (AvgIpc) is 2.77. The number of nitrogens with zero attached hydrogens (tertiary/aromatic N) is 3. The zero-order valence-corrected chi connectivity index (χ0v) is 17.4. The maximum atomic E-state index is 12.7. The molecule has 6 heteroatoms. The summed E-state index contributed by atoms with van der Waals surface area (Å²) in [4.78, 5) is 32.1. The van der Waals surface area contributed by atoms with Crippen LogP contribution in [-0.2, 0) is 19.5 Å². The Labute approximate surface area is 176 Å². The number of rotatable bonds is 7. The molecule has 1 aromatic heterocycles.